The molecule has 0 saturated carbocycles. The number of hydrogen-bond donors (Lipinski definition) is 1. The zero-order valence-corrected chi connectivity index (χ0v) is 13.3. The number of carbonyl (C=O) groups excluding carboxylic acids is 1. The van der Waals surface area contributed by atoms with Crippen LogP contribution in [0.5, 0.6) is 0 Å². The van der Waals surface area contributed by atoms with Crippen LogP contribution in [-0.2, 0) is 20.0 Å². The Morgan fingerprint density at radius 3 is 2.90 bits per heavy atom. The van der Waals surface area contributed by atoms with Gasteiger partial charge in [-0.2, -0.15) is 5.10 Å². The van der Waals surface area contributed by atoms with Crippen LogP contribution in [0.15, 0.2) is 6.07 Å². The zero-order valence-electron chi connectivity index (χ0n) is 12.5. The van der Waals surface area contributed by atoms with E-state index in [1.54, 1.807) is 4.68 Å². The first-order valence-corrected chi connectivity index (χ1v) is 7.84. The van der Waals surface area contributed by atoms with Crippen LogP contribution < -0.4 is 5.73 Å². The maximum atomic E-state index is 12.7. The van der Waals surface area contributed by atoms with Crippen LogP contribution in [0, 0.1) is 0 Å². The molecule has 0 fully saturated rings. The second-order valence-electron chi connectivity index (χ2n) is 5.63. The lowest BCUT2D eigenvalue weighted by Gasteiger charge is -2.25. The van der Waals surface area contributed by atoms with Gasteiger partial charge in [-0.3, -0.25) is 9.48 Å². The molecule has 1 aliphatic rings. The summed E-state index contributed by atoms with van der Waals surface area (Å²) < 4.78 is 1.67. The van der Waals surface area contributed by atoms with Crippen molar-refractivity contribution >= 4 is 22.4 Å². The Hall–Kier alpha value is -1.89. The molecule has 2 aromatic rings. The number of fused-ring (bicyclic) bond motifs is 1. The van der Waals surface area contributed by atoms with Crippen LogP contribution in [0.1, 0.15) is 46.5 Å². The number of nitrogens with zero attached hydrogens (tertiary/aromatic N) is 4. The molecule has 0 atom stereocenters. The van der Waals surface area contributed by atoms with Crippen molar-refractivity contribution in [2.45, 2.75) is 32.7 Å². The van der Waals surface area contributed by atoms with Gasteiger partial charge in [-0.05, 0) is 12.0 Å². The molecule has 2 N–H and O–H groups in total. The number of thiazole rings is 1. The van der Waals surface area contributed by atoms with E-state index in [2.05, 4.69) is 23.9 Å². The summed E-state index contributed by atoms with van der Waals surface area (Å²) in [7, 11) is 1.82. The molecule has 112 valence electrons. The normalized spacial score (nSPS) is 14.6. The molecular weight excluding hydrogens is 286 g/mol. The molecule has 1 aliphatic heterocycles. The largest absolute Gasteiger partial charge is 0.375 e. The predicted molar refractivity (Wildman–Crippen MR) is 82.3 cm³/mol. The maximum Gasteiger partial charge on any atom is 0.272 e. The number of aryl methyl sites for hydroxylation is 1. The van der Waals surface area contributed by atoms with Crippen LogP contribution in [0.3, 0.4) is 0 Å². The molecule has 0 bridgehead atoms. The van der Waals surface area contributed by atoms with E-state index in [0.717, 1.165) is 22.7 Å². The Morgan fingerprint density at radius 2 is 2.24 bits per heavy atom. The van der Waals surface area contributed by atoms with Gasteiger partial charge in [0.15, 0.2) is 5.13 Å². The lowest BCUT2D eigenvalue weighted by atomic mass is 10.1. The van der Waals surface area contributed by atoms with E-state index in [4.69, 9.17) is 5.73 Å². The standard InChI is InChI=1S/C14H19N5OS/c1-8(2)10-6-11(18(3)17-10)13(20)19-5-4-9-12(7-19)21-14(15)16-9/h6,8H,4-5,7H2,1-3H3,(H2,15,16). The minimum absolute atomic E-state index is 0.0227. The van der Waals surface area contributed by atoms with Gasteiger partial charge in [-0.15, -0.1) is 11.3 Å². The monoisotopic (exact) mass is 305 g/mol. The highest BCUT2D eigenvalue weighted by molar-refractivity contribution is 7.15. The first kappa shape index (κ1) is 14.1. The van der Waals surface area contributed by atoms with Crippen LogP contribution in [0.4, 0.5) is 5.13 Å². The first-order chi connectivity index (χ1) is 9.95. The van der Waals surface area contributed by atoms with Crippen molar-refractivity contribution in [3.63, 3.8) is 0 Å². The molecular formula is C14H19N5OS. The Balaban J connectivity index is 1.83. The lowest BCUT2D eigenvalue weighted by molar-refractivity contribution is 0.0725. The van der Waals surface area contributed by atoms with E-state index >= 15 is 0 Å². The summed E-state index contributed by atoms with van der Waals surface area (Å²) in [5, 5.41) is 4.99. The van der Waals surface area contributed by atoms with Crippen molar-refractivity contribution in [3.8, 4) is 0 Å². The van der Waals surface area contributed by atoms with E-state index < -0.39 is 0 Å². The van der Waals surface area contributed by atoms with Gasteiger partial charge < -0.3 is 10.6 Å². The van der Waals surface area contributed by atoms with Crippen LogP contribution >= 0.6 is 11.3 Å². The van der Waals surface area contributed by atoms with E-state index in [9.17, 15) is 4.79 Å². The maximum absolute atomic E-state index is 12.7. The highest BCUT2D eigenvalue weighted by Crippen LogP contribution is 2.27. The smallest absolute Gasteiger partial charge is 0.272 e. The number of nitrogens with two attached hydrogens (primary N) is 1. The van der Waals surface area contributed by atoms with Crippen molar-refractivity contribution in [1.29, 1.82) is 0 Å². The quantitative estimate of drug-likeness (QED) is 0.917. The second kappa shape index (κ2) is 5.14. The average Bonchev–Trinajstić information content (AvgIpc) is 2.99. The highest BCUT2D eigenvalue weighted by Gasteiger charge is 2.26. The zero-order chi connectivity index (χ0) is 15.1. The van der Waals surface area contributed by atoms with Gasteiger partial charge in [0.2, 0.25) is 0 Å². The van der Waals surface area contributed by atoms with Gasteiger partial charge in [0.05, 0.1) is 17.9 Å². The van der Waals surface area contributed by atoms with Crippen molar-refractivity contribution in [2.24, 2.45) is 7.05 Å². The molecule has 0 unspecified atom stereocenters. The number of hydrogen-bond acceptors (Lipinski definition) is 5. The SMILES string of the molecule is CC(C)c1cc(C(=O)N2CCc3nc(N)sc3C2)n(C)n1. The van der Waals surface area contributed by atoms with Gasteiger partial charge in [-0.25, -0.2) is 4.98 Å². The van der Waals surface area contributed by atoms with Crippen LogP contribution in [-0.4, -0.2) is 32.1 Å². The molecule has 0 aliphatic carbocycles. The minimum Gasteiger partial charge on any atom is -0.375 e. The molecule has 0 aromatic carbocycles. The Bertz CT molecular complexity index is 688. The third kappa shape index (κ3) is 2.53. The topological polar surface area (TPSA) is 77.0 Å². The van der Waals surface area contributed by atoms with E-state index in [-0.39, 0.29) is 5.91 Å². The summed E-state index contributed by atoms with van der Waals surface area (Å²) in [6.45, 7) is 5.41. The van der Waals surface area contributed by atoms with E-state index in [0.29, 0.717) is 29.8 Å². The van der Waals surface area contributed by atoms with E-state index in [1.165, 1.54) is 11.3 Å². The Morgan fingerprint density at radius 1 is 1.48 bits per heavy atom. The Labute approximate surface area is 127 Å². The molecule has 0 spiro atoms. The number of nitrogen functional groups attached to an aromatic ring is 1. The summed E-state index contributed by atoms with van der Waals surface area (Å²) >= 11 is 1.47. The van der Waals surface area contributed by atoms with Gasteiger partial charge in [0, 0.05) is 24.9 Å². The van der Waals surface area contributed by atoms with Gasteiger partial charge in [0.1, 0.15) is 5.69 Å². The molecule has 6 nitrogen and oxygen atoms in total. The fraction of sp³-hybridized carbons (Fsp3) is 0.500. The third-order valence-corrected chi connectivity index (χ3v) is 4.66. The minimum atomic E-state index is 0.0227. The van der Waals surface area contributed by atoms with Crippen LogP contribution in [0.2, 0.25) is 0 Å². The van der Waals surface area contributed by atoms with Gasteiger partial charge in [0.25, 0.3) is 5.91 Å². The summed E-state index contributed by atoms with van der Waals surface area (Å²) in [5.74, 6) is 0.335. The molecule has 2 aromatic heterocycles. The molecule has 7 heteroatoms. The second-order valence-corrected chi connectivity index (χ2v) is 6.75. The van der Waals surface area contributed by atoms with E-state index in [1.807, 2.05) is 18.0 Å². The molecule has 3 rings (SSSR count). The van der Waals surface area contributed by atoms with Crippen molar-refractivity contribution < 1.29 is 4.79 Å². The van der Waals surface area contributed by atoms with Crippen molar-refractivity contribution in [3.05, 3.63) is 28.0 Å². The lowest BCUT2D eigenvalue weighted by Crippen LogP contribution is -2.36. The number of anilines is 1. The van der Waals surface area contributed by atoms with Crippen molar-refractivity contribution in [2.75, 3.05) is 12.3 Å². The summed E-state index contributed by atoms with van der Waals surface area (Å²) in [5.41, 5.74) is 8.36. The number of aromatic nitrogens is 3. The molecule has 0 saturated heterocycles. The number of carbonyl (C=O) groups is 1. The Kier molecular flexibility index (Phi) is 3.44. The van der Waals surface area contributed by atoms with Gasteiger partial charge in [-0.1, -0.05) is 13.8 Å². The van der Waals surface area contributed by atoms with Crippen LogP contribution in [0.25, 0.3) is 0 Å². The fourth-order valence-corrected chi connectivity index (χ4v) is 3.42. The number of amides is 1. The first-order valence-electron chi connectivity index (χ1n) is 7.03. The summed E-state index contributed by atoms with van der Waals surface area (Å²) in [6.07, 6.45) is 0.768. The third-order valence-electron chi connectivity index (χ3n) is 3.74. The highest BCUT2D eigenvalue weighted by atomic mass is 32.1. The average molecular weight is 305 g/mol. The summed E-state index contributed by atoms with van der Waals surface area (Å²) in [4.78, 5) is 19.9. The number of rotatable bonds is 2. The summed E-state index contributed by atoms with van der Waals surface area (Å²) in [6, 6.07) is 1.89. The predicted octanol–water partition coefficient (Wildman–Crippen LogP) is 1.78. The van der Waals surface area contributed by atoms with Crippen molar-refractivity contribution in [1.82, 2.24) is 19.7 Å². The fourth-order valence-electron chi connectivity index (χ4n) is 2.52. The van der Waals surface area contributed by atoms with Gasteiger partial charge >= 0.3 is 0 Å². The molecule has 1 amide bonds. The molecule has 0 radical (unpaired) electrons. The molecule has 21 heavy (non-hydrogen) atoms. The molecule has 3 heterocycles.